The summed E-state index contributed by atoms with van der Waals surface area (Å²) in [7, 11) is 0. The van der Waals surface area contributed by atoms with E-state index >= 15 is 0 Å². The summed E-state index contributed by atoms with van der Waals surface area (Å²) in [5, 5.41) is 11.5. The molecular weight excluding hydrogens is 418 g/mol. The van der Waals surface area contributed by atoms with Crippen LogP contribution in [0, 0.1) is 0 Å². The number of aliphatic hydroxyl groups is 1. The van der Waals surface area contributed by atoms with Crippen molar-refractivity contribution < 1.29 is 24.2 Å². The summed E-state index contributed by atoms with van der Waals surface area (Å²) in [6.07, 6.45) is 0. The van der Waals surface area contributed by atoms with E-state index in [1.54, 1.807) is 72.8 Å². The van der Waals surface area contributed by atoms with Gasteiger partial charge in [-0.2, -0.15) is 0 Å². The number of carbonyl (C=O) groups excluding carboxylic acids is 2. The van der Waals surface area contributed by atoms with Crippen molar-refractivity contribution in [3.8, 4) is 11.5 Å². The van der Waals surface area contributed by atoms with E-state index in [0.717, 1.165) is 0 Å². The molecule has 1 amide bonds. The van der Waals surface area contributed by atoms with Crippen LogP contribution in [0.3, 0.4) is 0 Å². The summed E-state index contributed by atoms with van der Waals surface area (Å²) in [6, 6.07) is 19.7. The highest BCUT2D eigenvalue weighted by atomic mass is 35.5. The highest BCUT2D eigenvalue weighted by molar-refractivity contribution is 6.51. The fourth-order valence-corrected chi connectivity index (χ4v) is 4.06. The Morgan fingerprint density at radius 1 is 0.935 bits per heavy atom. The second-order valence-electron chi connectivity index (χ2n) is 7.13. The lowest BCUT2D eigenvalue weighted by Crippen LogP contribution is -2.29. The van der Waals surface area contributed by atoms with Crippen molar-refractivity contribution in [3.63, 3.8) is 0 Å². The Hall–Kier alpha value is -3.77. The molecule has 2 heterocycles. The molecule has 0 radical (unpaired) electrons. The fraction of sp³-hybridized carbons (Fsp3) is 0.0833. The maximum Gasteiger partial charge on any atom is 0.300 e. The first-order valence-electron chi connectivity index (χ1n) is 9.56. The van der Waals surface area contributed by atoms with Gasteiger partial charge in [-0.1, -0.05) is 54.1 Å². The lowest BCUT2D eigenvalue weighted by atomic mass is 9.95. The van der Waals surface area contributed by atoms with Crippen LogP contribution < -0.4 is 14.4 Å². The van der Waals surface area contributed by atoms with Crippen molar-refractivity contribution in [1.29, 1.82) is 0 Å². The molecule has 1 atom stereocenters. The molecule has 2 aliphatic rings. The summed E-state index contributed by atoms with van der Waals surface area (Å²) in [5.74, 6) is -0.682. The number of amides is 1. The van der Waals surface area contributed by atoms with Gasteiger partial charge in [0, 0.05) is 16.3 Å². The van der Waals surface area contributed by atoms with Crippen molar-refractivity contribution in [1.82, 2.24) is 0 Å². The SMILES string of the molecule is O=C1C(=O)N(c2cccc(Cl)c2)[C@@H](c2ccc3c(c2)OCO3)C1=C(O)c1ccccc1. The molecule has 2 aliphatic heterocycles. The first-order chi connectivity index (χ1) is 15.0. The molecule has 3 aromatic rings. The number of fused-ring (bicyclic) bond motifs is 1. The number of rotatable bonds is 3. The van der Waals surface area contributed by atoms with Gasteiger partial charge in [-0.05, 0) is 35.9 Å². The Bertz CT molecular complexity index is 1240. The Morgan fingerprint density at radius 3 is 2.48 bits per heavy atom. The number of nitrogens with zero attached hydrogens (tertiary/aromatic N) is 1. The van der Waals surface area contributed by atoms with Gasteiger partial charge in [-0.15, -0.1) is 0 Å². The monoisotopic (exact) mass is 433 g/mol. The number of aliphatic hydroxyl groups excluding tert-OH is 1. The van der Waals surface area contributed by atoms with E-state index in [9.17, 15) is 14.7 Å². The number of hydrogen-bond acceptors (Lipinski definition) is 5. The predicted octanol–water partition coefficient (Wildman–Crippen LogP) is 4.70. The van der Waals surface area contributed by atoms with Crippen molar-refractivity contribution in [2.75, 3.05) is 11.7 Å². The lowest BCUT2D eigenvalue weighted by Gasteiger charge is -2.25. The van der Waals surface area contributed by atoms with Crippen LogP contribution in [0.2, 0.25) is 5.02 Å². The Kier molecular flexibility index (Phi) is 4.64. The summed E-state index contributed by atoms with van der Waals surface area (Å²) in [5.41, 5.74) is 1.48. The Labute approximate surface area is 182 Å². The molecule has 0 saturated carbocycles. The molecule has 0 bridgehead atoms. The quantitative estimate of drug-likeness (QED) is 0.368. The first-order valence-corrected chi connectivity index (χ1v) is 9.94. The molecule has 7 heteroatoms. The van der Waals surface area contributed by atoms with Crippen molar-refractivity contribution >= 4 is 34.7 Å². The van der Waals surface area contributed by atoms with Crippen LogP contribution in [0.15, 0.2) is 78.4 Å². The number of ether oxygens (including phenoxy) is 2. The van der Waals surface area contributed by atoms with Crippen molar-refractivity contribution in [2.24, 2.45) is 0 Å². The second-order valence-corrected chi connectivity index (χ2v) is 7.56. The molecule has 1 fully saturated rings. The minimum Gasteiger partial charge on any atom is -0.507 e. The normalized spacial score (nSPS) is 19.1. The number of ketones is 1. The van der Waals surface area contributed by atoms with E-state index in [2.05, 4.69) is 0 Å². The molecule has 3 aromatic carbocycles. The lowest BCUT2D eigenvalue weighted by molar-refractivity contribution is -0.132. The molecule has 6 nitrogen and oxygen atoms in total. The van der Waals surface area contributed by atoms with E-state index in [-0.39, 0.29) is 18.1 Å². The number of carbonyl (C=O) groups is 2. The molecule has 154 valence electrons. The van der Waals surface area contributed by atoms with Crippen molar-refractivity contribution in [2.45, 2.75) is 6.04 Å². The average molecular weight is 434 g/mol. The predicted molar refractivity (Wildman–Crippen MR) is 115 cm³/mol. The third-order valence-electron chi connectivity index (χ3n) is 5.29. The average Bonchev–Trinajstić information content (AvgIpc) is 3.36. The van der Waals surface area contributed by atoms with Gasteiger partial charge in [0.15, 0.2) is 11.5 Å². The highest BCUT2D eigenvalue weighted by Crippen LogP contribution is 2.45. The van der Waals surface area contributed by atoms with Gasteiger partial charge in [0.25, 0.3) is 11.7 Å². The second kappa shape index (κ2) is 7.49. The van der Waals surface area contributed by atoms with Crippen LogP contribution in [0.5, 0.6) is 11.5 Å². The van der Waals surface area contributed by atoms with Gasteiger partial charge >= 0.3 is 0 Å². The fourth-order valence-electron chi connectivity index (χ4n) is 3.87. The smallest absolute Gasteiger partial charge is 0.300 e. The zero-order valence-electron chi connectivity index (χ0n) is 16.1. The maximum absolute atomic E-state index is 13.1. The number of Topliss-reactive ketones (excluding diaryl/α,β-unsaturated/α-hetero) is 1. The maximum atomic E-state index is 13.1. The number of hydrogen-bond donors (Lipinski definition) is 1. The van der Waals surface area contributed by atoms with E-state index in [1.165, 1.54) is 4.90 Å². The molecule has 1 N–H and O–H groups in total. The summed E-state index contributed by atoms with van der Waals surface area (Å²) < 4.78 is 10.9. The highest BCUT2D eigenvalue weighted by Gasteiger charge is 2.47. The van der Waals surface area contributed by atoms with Gasteiger partial charge < -0.3 is 14.6 Å². The molecule has 31 heavy (non-hydrogen) atoms. The van der Waals surface area contributed by atoms with Gasteiger partial charge in [-0.3, -0.25) is 14.5 Å². The van der Waals surface area contributed by atoms with Gasteiger partial charge in [0.2, 0.25) is 6.79 Å². The van der Waals surface area contributed by atoms with Crippen LogP contribution in [0.1, 0.15) is 17.2 Å². The van der Waals surface area contributed by atoms with E-state index < -0.39 is 17.7 Å². The number of halogens is 1. The minimum absolute atomic E-state index is 0.00459. The third-order valence-corrected chi connectivity index (χ3v) is 5.53. The van der Waals surface area contributed by atoms with E-state index in [0.29, 0.717) is 33.3 Å². The third kappa shape index (κ3) is 3.21. The number of benzene rings is 3. The zero-order chi connectivity index (χ0) is 21.5. The molecule has 5 rings (SSSR count). The van der Waals surface area contributed by atoms with Gasteiger partial charge in [0.05, 0.1) is 11.6 Å². The Morgan fingerprint density at radius 2 is 1.71 bits per heavy atom. The Balaban J connectivity index is 1.73. The van der Waals surface area contributed by atoms with Crippen LogP contribution >= 0.6 is 11.6 Å². The molecular formula is C24H16ClNO5. The molecule has 1 saturated heterocycles. The van der Waals surface area contributed by atoms with Crippen LogP contribution in [0.25, 0.3) is 5.76 Å². The summed E-state index contributed by atoms with van der Waals surface area (Å²) in [6.45, 7) is 0.0945. The number of anilines is 1. The van der Waals surface area contributed by atoms with Crippen LogP contribution in [-0.2, 0) is 9.59 Å². The summed E-state index contributed by atoms with van der Waals surface area (Å²) >= 11 is 6.15. The van der Waals surface area contributed by atoms with E-state index in [4.69, 9.17) is 21.1 Å². The van der Waals surface area contributed by atoms with Gasteiger partial charge in [-0.25, -0.2) is 0 Å². The molecule has 0 unspecified atom stereocenters. The largest absolute Gasteiger partial charge is 0.507 e. The van der Waals surface area contributed by atoms with Crippen LogP contribution in [0.4, 0.5) is 5.69 Å². The summed E-state index contributed by atoms with van der Waals surface area (Å²) in [4.78, 5) is 27.6. The topological polar surface area (TPSA) is 76.1 Å². The molecule has 0 aliphatic carbocycles. The first kappa shape index (κ1) is 19.2. The molecule has 0 spiro atoms. The zero-order valence-corrected chi connectivity index (χ0v) is 16.9. The minimum atomic E-state index is -0.867. The van der Waals surface area contributed by atoms with Gasteiger partial charge in [0.1, 0.15) is 5.76 Å². The molecule has 0 aromatic heterocycles. The van der Waals surface area contributed by atoms with E-state index in [1.807, 2.05) is 0 Å². The standard InChI is InChI=1S/C24H16ClNO5/c25-16-7-4-8-17(12-16)26-21(15-9-10-18-19(11-15)31-13-30-18)20(23(28)24(26)29)22(27)14-5-2-1-3-6-14/h1-12,21,27H,13H2/t21-/m0/s1. The van der Waals surface area contributed by atoms with Crippen molar-refractivity contribution in [3.05, 3.63) is 94.5 Å². The van der Waals surface area contributed by atoms with Crippen LogP contribution in [-0.4, -0.2) is 23.6 Å².